The summed E-state index contributed by atoms with van der Waals surface area (Å²) in [7, 11) is 1.63. The van der Waals surface area contributed by atoms with Crippen LogP contribution in [-0.4, -0.2) is 12.2 Å². The van der Waals surface area contributed by atoms with E-state index in [0.29, 0.717) is 10.8 Å². The Balaban J connectivity index is 1.96. The van der Waals surface area contributed by atoms with Crippen LogP contribution < -0.4 is 15.4 Å². The van der Waals surface area contributed by atoms with Crippen LogP contribution in [0.5, 0.6) is 5.75 Å². The second kappa shape index (κ2) is 7.42. The summed E-state index contributed by atoms with van der Waals surface area (Å²) in [5.74, 6) is 0.343. The van der Waals surface area contributed by atoms with Crippen LogP contribution in [0.15, 0.2) is 42.5 Å². The van der Waals surface area contributed by atoms with Gasteiger partial charge in [0, 0.05) is 5.69 Å². The minimum Gasteiger partial charge on any atom is -0.497 e. The van der Waals surface area contributed by atoms with E-state index in [1.54, 1.807) is 13.2 Å². The number of thiocarbonyl (C=S) groups is 1. The molecule has 2 aromatic rings. The third-order valence-electron chi connectivity index (χ3n) is 3.14. The molecule has 0 spiro atoms. The predicted octanol–water partition coefficient (Wildman–Crippen LogP) is 4.54. The molecule has 6 heteroatoms. The molecule has 0 radical (unpaired) electrons. The van der Waals surface area contributed by atoms with Gasteiger partial charge in [0.25, 0.3) is 0 Å². The summed E-state index contributed by atoms with van der Waals surface area (Å²) in [6.45, 7) is 1.99. The second-order valence-electron chi connectivity index (χ2n) is 4.72. The van der Waals surface area contributed by atoms with Gasteiger partial charge in [0.05, 0.1) is 18.2 Å². The molecule has 0 amide bonds. The molecule has 0 aliphatic rings. The molecule has 1 atom stereocenters. The number of nitrogens with one attached hydrogen (secondary N) is 2. The lowest BCUT2D eigenvalue weighted by atomic mass is 10.1. The molecular weight excluding hydrogens is 323 g/mol. The summed E-state index contributed by atoms with van der Waals surface area (Å²) in [4.78, 5) is 0. The Morgan fingerprint density at radius 2 is 1.91 bits per heavy atom. The van der Waals surface area contributed by atoms with Crippen LogP contribution in [0.4, 0.5) is 10.1 Å². The number of hydrogen-bond donors (Lipinski definition) is 2. The van der Waals surface area contributed by atoms with Gasteiger partial charge in [-0.15, -0.1) is 0 Å². The lowest BCUT2D eigenvalue weighted by molar-refractivity contribution is 0.414. The highest BCUT2D eigenvalue weighted by atomic mass is 35.5. The number of hydrogen-bond acceptors (Lipinski definition) is 2. The van der Waals surface area contributed by atoms with Gasteiger partial charge in [0.2, 0.25) is 0 Å². The predicted molar refractivity (Wildman–Crippen MR) is 92.2 cm³/mol. The zero-order chi connectivity index (χ0) is 16.1. The van der Waals surface area contributed by atoms with Crippen LogP contribution in [0.1, 0.15) is 18.5 Å². The van der Waals surface area contributed by atoms with E-state index in [4.69, 9.17) is 28.6 Å². The summed E-state index contributed by atoms with van der Waals surface area (Å²) in [5.41, 5.74) is 1.70. The molecule has 0 aliphatic heterocycles. The Morgan fingerprint density at radius 3 is 2.50 bits per heavy atom. The van der Waals surface area contributed by atoms with Gasteiger partial charge >= 0.3 is 0 Å². The average Bonchev–Trinajstić information content (AvgIpc) is 2.51. The highest BCUT2D eigenvalue weighted by Crippen LogP contribution is 2.20. The summed E-state index contributed by atoms with van der Waals surface area (Å²) >= 11 is 11.0. The molecule has 0 aliphatic carbocycles. The van der Waals surface area contributed by atoms with Crippen molar-refractivity contribution in [3.63, 3.8) is 0 Å². The number of ether oxygens (including phenoxy) is 1. The molecule has 0 saturated heterocycles. The molecule has 2 N–H and O–H groups in total. The number of methoxy groups -OCH3 is 1. The van der Waals surface area contributed by atoms with Crippen molar-refractivity contribution in [1.82, 2.24) is 5.32 Å². The fraction of sp³-hybridized carbons (Fsp3) is 0.188. The van der Waals surface area contributed by atoms with Gasteiger partial charge in [-0.2, -0.15) is 0 Å². The lowest BCUT2D eigenvalue weighted by Gasteiger charge is -2.18. The number of rotatable bonds is 4. The number of benzene rings is 2. The largest absolute Gasteiger partial charge is 0.497 e. The van der Waals surface area contributed by atoms with Crippen LogP contribution in [0.3, 0.4) is 0 Å². The van der Waals surface area contributed by atoms with Crippen LogP contribution in [0.25, 0.3) is 0 Å². The first-order valence-electron chi connectivity index (χ1n) is 6.66. The van der Waals surface area contributed by atoms with Crippen molar-refractivity contribution in [2.45, 2.75) is 13.0 Å². The first-order chi connectivity index (χ1) is 10.5. The van der Waals surface area contributed by atoms with Crippen molar-refractivity contribution in [3.8, 4) is 5.75 Å². The van der Waals surface area contributed by atoms with Crippen molar-refractivity contribution in [2.75, 3.05) is 12.4 Å². The molecule has 1 unspecified atom stereocenters. The zero-order valence-electron chi connectivity index (χ0n) is 12.2. The van der Waals surface area contributed by atoms with Gasteiger partial charge < -0.3 is 15.4 Å². The Kier molecular flexibility index (Phi) is 5.57. The van der Waals surface area contributed by atoms with Gasteiger partial charge in [-0.25, -0.2) is 4.39 Å². The smallest absolute Gasteiger partial charge is 0.171 e. The van der Waals surface area contributed by atoms with E-state index in [1.807, 2.05) is 31.2 Å². The van der Waals surface area contributed by atoms with Crippen molar-refractivity contribution in [1.29, 1.82) is 0 Å². The Morgan fingerprint density at radius 1 is 1.23 bits per heavy atom. The monoisotopic (exact) mass is 338 g/mol. The van der Waals surface area contributed by atoms with E-state index < -0.39 is 5.82 Å². The van der Waals surface area contributed by atoms with E-state index in [0.717, 1.165) is 11.3 Å². The molecule has 2 rings (SSSR count). The third kappa shape index (κ3) is 4.32. The van der Waals surface area contributed by atoms with E-state index in [-0.39, 0.29) is 11.1 Å². The first kappa shape index (κ1) is 16.5. The highest BCUT2D eigenvalue weighted by molar-refractivity contribution is 7.80. The summed E-state index contributed by atoms with van der Waals surface area (Å²) in [6, 6.07) is 12.1. The van der Waals surface area contributed by atoms with Crippen LogP contribution in [0.2, 0.25) is 5.02 Å². The number of halogens is 2. The van der Waals surface area contributed by atoms with Gasteiger partial charge in [-0.3, -0.25) is 0 Å². The average molecular weight is 339 g/mol. The molecule has 0 heterocycles. The highest BCUT2D eigenvalue weighted by Gasteiger charge is 2.08. The molecule has 0 saturated carbocycles. The van der Waals surface area contributed by atoms with Gasteiger partial charge in [0.15, 0.2) is 5.11 Å². The normalized spacial score (nSPS) is 11.6. The number of anilines is 1. The fourth-order valence-electron chi connectivity index (χ4n) is 1.91. The fourth-order valence-corrected chi connectivity index (χ4v) is 2.39. The third-order valence-corrected chi connectivity index (χ3v) is 3.65. The molecular formula is C16H16ClFN2OS. The quantitative estimate of drug-likeness (QED) is 0.802. The van der Waals surface area contributed by atoms with Gasteiger partial charge in [-0.1, -0.05) is 23.7 Å². The van der Waals surface area contributed by atoms with E-state index in [2.05, 4.69) is 10.6 Å². The standard InChI is InChI=1S/C16H16ClFN2OS/c1-10(11-3-6-13(21-2)7-4-11)19-16(22)20-12-5-8-15(18)14(17)9-12/h3-10H,1-2H3,(H2,19,20,22). The topological polar surface area (TPSA) is 33.3 Å². The van der Waals surface area contributed by atoms with Crippen molar-refractivity contribution < 1.29 is 9.13 Å². The minimum absolute atomic E-state index is 0.0156. The molecule has 2 aromatic carbocycles. The summed E-state index contributed by atoms with van der Waals surface area (Å²) in [6.07, 6.45) is 0. The van der Waals surface area contributed by atoms with Crippen molar-refractivity contribution >= 4 is 34.6 Å². The maximum atomic E-state index is 13.1. The lowest BCUT2D eigenvalue weighted by Crippen LogP contribution is -2.30. The van der Waals surface area contributed by atoms with Crippen molar-refractivity contribution in [3.05, 3.63) is 58.9 Å². The molecule has 0 fully saturated rings. The van der Waals surface area contributed by atoms with Crippen molar-refractivity contribution in [2.24, 2.45) is 0 Å². The SMILES string of the molecule is COc1ccc(C(C)NC(=S)Nc2ccc(F)c(Cl)c2)cc1. The Bertz CT molecular complexity index is 664. The van der Waals surface area contributed by atoms with Crippen LogP contribution >= 0.6 is 23.8 Å². The second-order valence-corrected chi connectivity index (χ2v) is 5.54. The Hall–Kier alpha value is -1.85. The van der Waals surface area contributed by atoms with E-state index >= 15 is 0 Å². The summed E-state index contributed by atoms with van der Waals surface area (Å²) < 4.78 is 18.2. The van der Waals surface area contributed by atoms with E-state index in [1.165, 1.54) is 12.1 Å². The van der Waals surface area contributed by atoms with Crippen LogP contribution in [0, 0.1) is 5.82 Å². The molecule has 22 heavy (non-hydrogen) atoms. The van der Waals surface area contributed by atoms with E-state index in [9.17, 15) is 4.39 Å². The summed E-state index contributed by atoms with van der Waals surface area (Å²) in [5, 5.41) is 6.62. The first-order valence-corrected chi connectivity index (χ1v) is 7.44. The minimum atomic E-state index is -0.460. The van der Waals surface area contributed by atoms with Gasteiger partial charge in [0.1, 0.15) is 11.6 Å². The Labute approximate surface area is 139 Å². The zero-order valence-corrected chi connectivity index (χ0v) is 13.8. The molecule has 116 valence electrons. The maximum absolute atomic E-state index is 13.1. The van der Waals surface area contributed by atoms with Gasteiger partial charge in [-0.05, 0) is 55.0 Å². The molecule has 0 bridgehead atoms. The van der Waals surface area contributed by atoms with Crippen LogP contribution in [-0.2, 0) is 0 Å². The molecule has 3 nitrogen and oxygen atoms in total. The molecule has 0 aromatic heterocycles. The maximum Gasteiger partial charge on any atom is 0.171 e.